The summed E-state index contributed by atoms with van der Waals surface area (Å²) in [7, 11) is 0. The van der Waals surface area contributed by atoms with Gasteiger partial charge in [-0.05, 0) is 31.4 Å². The number of benzene rings is 1. The minimum atomic E-state index is -4.05. The zero-order chi connectivity index (χ0) is 22.5. The largest absolute Gasteiger partial charge is 0.482 e. The van der Waals surface area contributed by atoms with Gasteiger partial charge in [0.15, 0.2) is 5.75 Å². The van der Waals surface area contributed by atoms with Crippen LogP contribution in [0.1, 0.15) is 19.3 Å². The van der Waals surface area contributed by atoms with Crippen molar-refractivity contribution in [1.82, 2.24) is 9.80 Å². The first-order valence-electron chi connectivity index (χ1n) is 10.9. The van der Waals surface area contributed by atoms with E-state index in [4.69, 9.17) is 4.74 Å². The molecule has 0 bridgehead atoms. The standard InChI is InChI=1S/C22H25F2N3O5/c23-22(24)20(30)27(16-5-1-2-6-17(16)32-22)12-18(28)26-11-15-13-31-10-7-21(15,14-26)19(29)25-8-3-4-9-25/h1-2,5-6,15H,3-4,7-14H2. The fraction of sp³-hybridized carbons (Fsp3) is 0.591. The Balaban J connectivity index is 1.37. The third-order valence-electron chi connectivity index (χ3n) is 7.06. The number of alkyl halides is 2. The summed E-state index contributed by atoms with van der Waals surface area (Å²) >= 11 is 0. The number of ether oxygens (including phenoxy) is 2. The Hall–Kier alpha value is -2.75. The fourth-order valence-electron chi connectivity index (χ4n) is 5.33. The molecule has 8 nitrogen and oxygen atoms in total. The van der Waals surface area contributed by atoms with Gasteiger partial charge in [-0.1, -0.05) is 12.1 Å². The molecule has 0 N–H and O–H groups in total. The van der Waals surface area contributed by atoms with Gasteiger partial charge in [0, 0.05) is 38.7 Å². The lowest BCUT2D eigenvalue weighted by Crippen LogP contribution is -2.54. The van der Waals surface area contributed by atoms with Crippen molar-refractivity contribution in [1.29, 1.82) is 0 Å². The minimum absolute atomic E-state index is 0.0536. The highest BCUT2D eigenvalue weighted by Crippen LogP contribution is 2.45. The van der Waals surface area contributed by atoms with Crippen molar-refractivity contribution in [2.24, 2.45) is 11.3 Å². The number of carbonyl (C=O) groups is 3. The molecule has 2 unspecified atom stereocenters. The van der Waals surface area contributed by atoms with Crippen LogP contribution in [0.2, 0.25) is 0 Å². The molecule has 3 saturated heterocycles. The Kier molecular flexibility index (Phi) is 5.07. The van der Waals surface area contributed by atoms with Crippen LogP contribution in [-0.2, 0) is 19.1 Å². The second-order valence-corrected chi connectivity index (χ2v) is 8.93. The van der Waals surface area contributed by atoms with E-state index in [1.54, 1.807) is 6.07 Å². The van der Waals surface area contributed by atoms with Crippen molar-refractivity contribution in [3.05, 3.63) is 24.3 Å². The first kappa shape index (κ1) is 21.1. The molecule has 4 heterocycles. The predicted octanol–water partition coefficient (Wildman–Crippen LogP) is 1.49. The SMILES string of the molecule is O=C(CN1C(=O)C(F)(F)Oc2ccccc21)N1CC2COCCC2(C(=O)N2CCCC2)C1. The van der Waals surface area contributed by atoms with Gasteiger partial charge >= 0.3 is 12.0 Å². The summed E-state index contributed by atoms with van der Waals surface area (Å²) in [6.45, 7) is 2.23. The highest BCUT2D eigenvalue weighted by atomic mass is 19.3. The molecule has 10 heteroatoms. The van der Waals surface area contributed by atoms with Crippen molar-refractivity contribution in [3.63, 3.8) is 0 Å². The van der Waals surface area contributed by atoms with Crippen LogP contribution in [-0.4, -0.2) is 79.6 Å². The normalized spacial score (nSPS) is 28.9. The van der Waals surface area contributed by atoms with E-state index in [0.29, 0.717) is 26.2 Å². The summed E-state index contributed by atoms with van der Waals surface area (Å²) in [5.74, 6) is -2.31. The average Bonchev–Trinajstić information content (AvgIpc) is 3.44. The molecule has 1 aromatic rings. The Morgan fingerprint density at radius 1 is 1.12 bits per heavy atom. The molecule has 0 radical (unpaired) electrons. The summed E-state index contributed by atoms with van der Waals surface area (Å²) in [4.78, 5) is 43.1. The Morgan fingerprint density at radius 3 is 2.66 bits per heavy atom. The van der Waals surface area contributed by atoms with E-state index >= 15 is 0 Å². The van der Waals surface area contributed by atoms with Gasteiger partial charge < -0.3 is 19.3 Å². The zero-order valence-electron chi connectivity index (χ0n) is 17.6. The zero-order valence-corrected chi connectivity index (χ0v) is 17.6. The number of likely N-dealkylation sites (tertiary alicyclic amines) is 2. The second kappa shape index (κ2) is 7.68. The molecular weight excluding hydrogens is 424 g/mol. The van der Waals surface area contributed by atoms with E-state index < -0.39 is 29.9 Å². The minimum Gasteiger partial charge on any atom is -0.423 e. The van der Waals surface area contributed by atoms with Crippen molar-refractivity contribution in [3.8, 4) is 5.75 Å². The summed E-state index contributed by atoms with van der Waals surface area (Å²) < 4.78 is 38.4. The number of nitrogens with zero attached hydrogens (tertiary/aromatic N) is 3. The van der Waals surface area contributed by atoms with Crippen LogP contribution >= 0.6 is 0 Å². The molecular formula is C22H25F2N3O5. The smallest absolute Gasteiger partial charge is 0.423 e. The number of amides is 3. The molecule has 0 aliphatic carbocycles. The van der Waals surface area contributed by atoms with Crippen molar-refractivity contribution >= 4 is 23.4 Å². The van der Waals surface area contributed by atoms with Crippen molar-refractivity contribution in [2.45, 2.75) is 25.4 Å². The van der Waals surface area contributed by atoms with E-state index in [1.165, 1.54) is 23.1 Å². The fourth-order valence-corrected chi connectivity index (χ4v) is 5.33. The number of halogens is 2. The van der Waals surface area contributed by atoms with Gasteiger partial charge in [0.1, 0.15) is 6.54 Å². The van der Waals surface area contributed by atoms with E-state index in [0.717, 1.165) is 30.8 Å². The van der Waals surface area contributed by atoms with Crippen LogP contribution in [0.5, 0.6) is 5.75 Å². The molecule has 4 aliphatic rings. The molecule has 5 rings (SSSR count). The topological polar surface area (TPSA) is 79.4 Å². The molecule has 172 valence electrons. The van der Waals surface area contributed by atoms with Crippen LogP contribution in [0.4, 0.5) is 14.5 Å². The maximum Gasteiger partial charge on any atom is 0.482 e. The van der Waals surface area contributed by atoms with E-state index in [-0.39, 0.29) is 29.8 Å². The molecule has 0 saturated carbocycles. The van der Waals surface area contributed by atoms with E-state index in [9.17, 15) is 23.2 Å². The summed E-state index contributed by atoms with van der Waals surface area (Å²) in [6.07, 6.45) is -1.58. The number of anilines is 1. The highest BCUT2D eigenvalue weighted by molar-refractivity contribution is 6.04. The number of hydrogen-bond donors (Lipinski definition) is 0. The van der Waals surface area contributed by atoms with Gasteiger partial charge in [-0.2, -0.15) is 8.78 Å². The molecule has 1 aromatic carbocycles. The first-order valence-corrected chi connectivity index (χ1v) is 10.9. The van der Waals surface area contributed by atoms with Crippen molar-refractivity contribution < 1.29 is 32.6 Å². The quantitative estimate of drug-likeness (QED) is 0.699. The molecule has 32 heavy (non-hydrogen) atoms. The highest BCUT2D eigenvalue weighted by Gasteiger charge is 2.57. The first-order chi connectivity index (χ1) is 15.3. The molecule has 3 fully saturated rings. The third-order valence-corrected chi connectivity index (χ3v) is 7.06. The summed E-state index contributed by atoms with van der Waals surface area (Å²) in [5.41, 5.74) is -0.589. The number of carbonyl (C=O) groups excluding carboxylic acids is 3. The molecule has 4 aliphatic heterocycles. The predicted molar refractivity (Wildman–Crippen MR) is 108 cm³/mol. The van der Waals surface area contributed by atoms with E-state index in [1.807, 2.05) is 4.90 Å². The maximum absolute atomic E-state index is 14.1. The Labute approximate surface area is 184 Å². The molecule has 0 aromatic heterocycles. The molecule has 0 spiro atoms. The lowest BCUT2D eigenvalue weighted by molar-refractivity contribution is -0.193. The number of hydrogen-bond acceptors (Lipinski definition) is 5. The van der Waals surface area contributed by atoms with Crippen molar-refractivity contribution in [2.75, 3.05) is 50.8 Å². The average molecular weight is 449 g/mol. The second-order valence-electron chi connectivity index (χ2n) is 8.93. The monoisotopic (exact) mass is 449 g/mol. The van der Waals surface area contributed by atoms with Crippen LogP contribution in [0.15, 0.2) is 24.3 Å². The Morgan fingerprint density at radius 2 is 1.88 bits per heavy atom. The summed E-state index contributed by atoms with van der Waals surface area (Å²) in [5, 5.41) is 0. The third kappa shape index (κ3) is 3.32. The van der Waals surface area contributed by atoms with Gasteiger partial charge in [-0.3, -0.25) is 19.3 Å². The number of fused-ring (bicyclic) bond motifs is 2. The van der Waals surface area contributed by atoms with Gasteiger partial charge in [0.05, 0.1) is 17.7 Å². The van der Waals surface area contributed by atoms with Gasteiger partial charge in [-0.15, -0.1) is 0 Å². The van der Waals surface area contributed by atoms with Gasteiger partial charge in [-0.25, -0.2) is 0 Å². The lowest BCUT2D eigenvalue weighted by atomic mass is 9.73. The van der Waals surface area contributed by atoms with Gasteiger partial charge in [0.25, 0.3) is 0 Å². The Bertz CT molecular complexity index is 951. The van der Waals surface area contributed by atoms with Crippen LogP contribution < -0.4 is 9.64 Å². The van der Waals surface area contributed by atoms with Crippen LogP contribution in [0.25, 0.3) is 0 Å². The van der Waals surface area contributed by atoms with E-state index in [2.05, 4.69) is 4.74 Å². The number of para-hydroxylation sites is 2. The van der Waals surface area contributed by atoms with Crippen LogP contribution in [0, 0.1) is 11.3 Å². The summed E-state index contributed by atoms with van der Waals surface area (Å²) in [6, 6.07) is 5.90. The molecule has 2 atom stereocenters. The maximum atomic E-state index is 14.1. The van der Waals surface area contributed by atoms with Gasteiger partial charge in [0.2, 0.25) is 11.8 Å². The lowest BCUT2D eigenvalue weighted by Gasteiger charge is -2.39. The molecule has 3 amide bonds. The van der Waals surface area contributed by atoms with Crippen LogP contribution in [0.3, 0.4) is 0 Å². The number of rotatable bonds is 3.